The second-order valence-electron chi connectivity index (χ2n) is 6.58. The number of hydrogen-bond donors (Lipinski definition) is 1. The normalized spacial score (nSPS) is 29.4. The number of halogens is 1. The highest BCUT2D eigenvalue weighted by Gasteiger charge is 2.49. The summed E-state index contributed by atoms with van der Waals surface area (Å²) >= 11 is 3.47. The van der Waals surface area contributed by atoms with Crippen LogP contribution in [0, 0.1) is 5.92 Å². The first-order chi connectivity index (χ1) is 11.1. The third-order valence-corrected chi connectivity index (χ3v) is 5.51. The average molecular weight is 372 g/mol. The molecule has 0 spiro atoms. The lowest BCUT2D eigenvalue weighted by Gasteiger charge is -2.29. The van der Waals surface area contributed by atoms with E-state index in [1.54, 1.807) is 0 Å². The molecular weight excluding hydrogens is 354 g/mol. The van der Waals surface area contributed by atoms with Gasteiger partial charge >= 0.3 is 0 Å². The number of carbonyl (C=O) groups excluding carboxylic acids is 1. The number of Topliss-reactive ketones (excluding diaryl/α,β-unsaturated/α-hetero) is 1. The molecule has 2 aromatic rings. The monoisotopic (exact) mass is 371 g/mol. The molecule has 3 atom stereocenters. The second-order valence-corrected chi connectivity index (χ2v) is 7.50. The van der Waals surface area contributed by atoms with E-state index in [0.29, 0.717) is 13.2 Å². The molecule has 4 heteroatoms. The number of anilines is 1. The third-order valence-electron chi connectivity index (χ3n) is 4.98. The molecule has 1 fully saturated rings. The van der Waals surface area contributed by atoms with Gasteiger partial charge in [0, 0.05) is 10.2 Å². The summed E-state index contributed by atoms with van der Waals surface area (Å²) < 4.78 is 6.66. The molecule has 0 radical (unpaired) electrons. The maximum absolute atomic E-state index is 13.3. The van der Waals surface area contributed by atoms with Gasteiger partial charge in [-0.3, -0.25) is 4.79 Å². The van der Waals surface area contributed by atoms with Gasteiger partial charge in [-0.2, -0.15) is 0 Å². The highest BCUT2D eigenvalue weighted by molar-refractivity contribution is 9.10. The SMILES string of the molecule is C[C@]12COC[C@H]1C(=O)C(c1ccc(Br)cc1)c1ccccc1N2. The van der Waals surface area contributed by atoms with Crippen molar-refractivity contribution in [2.45, 2.75) is 18.4 Å². The van der Waals surface area contributed by atoms with E-state index in [4.69, 9.17) is 4.74 Å². The van der Waals surface area contributed by atoms with Gasteiger partial charge in [0.1, 0.15) is 0 Å². The lowest BCUT2D eigenvalue weighted by atomic mass is 9.78. The van der Waals surface area contributed by atoms with Crippen molar-refractivity contribution >= 4 is 27.4 Å². The number of ketones is 1. The summed E-state index contributed by atoms with van der Waals surface area (Å²) in [5.74, 6) is -0.145. The van der Waals surface area contributed by atoms with Crippen LogP contribution in [0.5, 0.6) is 0 Å². The molecule has 4 rings (SSSR count). The molecule has 118 valence electrons. The van der Waals surface area contributed by atoms with Gasteiger partial charge in [0.15, 0.2) is 5.78 Å². The van der Waals surface area contributed by atoms with E-state index in [1.165, 1.54) is 0 Å². The molecule has 2 aliphatic rings. The lowest BCUT2D eigenvalue weighted by molar-refractivity contribution is -0.124. The minimum Gasteiger partial charge on any atom is -0.378 e. The van der Waals surface area contributed by atoms with Crippen LogP contribution in [-0.2, 0) is 9.53 Å². The van der Waals surface area contributed by atoms with Gasteiger partial charge in [-0.25, -0.2) is 0 Å². The number of nitrogens with one attached hydrogen (secondary N) is 1. The molecule has 0 aliphatic carbocycles. The van der Waals surface area contributed by atoms with E-state index in [2.05, 4.69) is 40.3 Å². The van der Waals surface area contributed by atoms with Crippen LogP contribution in [0.1, 0.15) is 24.0 Å². The molecule has 23 heavy (non-hydrogen) atoms. The van der Waals surface area contributed by atoms with Gasteiger partial charge in [0.2, 0.25) is 0 Å². The fraction of sp³-hybridized carbons (Fsp3) is 0.316. The number of rotatable bonds is 1. The van der Waals surface area contributed by atoms with E-state index in [1.807, 2.05) is 36.4 Å². The zero-order valence-corrected chi connectivity index (χ0v) is 14.5. The topological polar surface area (TPSA) is 38.3 Å². The van der Waals surface area contributed by atoms with Gasteiger partial charge < -0.3 is 10.1 Å². The number of ether oxygens (including phenoxy) is 1. The van der Waals surface area contributed by atoms with Crippen molar-refractivity contribution in [1.82, 2.24) is 0 Å². The molecule has 0 amide bonds. The smallest absolute Gasteiger partial charge is 0.152 e. The van der Waals surface area contributed by atoms with Crippen LogP contribution in [-0.4, -0.2) is 24.5 Å². The predicted octanol–water partition coefficient (Wildman–Crippen LogP) is 3.98. The average Bonchev–Trinajstić information content (AvgIpc) is 2.88. The first kappa shape index (κ1) is 14.9. The molecule has 1 unspecified atom stereocenters. The Balaban J connectivity index is 1.89. The van der Waals surface area contributed by atoms with Crippen LogP contribution >= 0.6 is 15.9 Å². The molecule has 0 aromatic heterocycles. The van der Waals surface area contributed by atoms with E-state index in [0.717, 1.165) is 21.3 Å². The van der Waals surface area contributed by atoms with Crippen LogP contribution in [0.25, 0.3) is 0 Å². The molecule has 0 saturated carbocycles. The lowest BCUT2D eigenvalue weighted by Crippen LogP contribution is -2.45. The Morgan fingerprint density at radius 1 is 1.17 bits per heavy atom. The Hall–Kier alpha value is -1.65. The standard InChI is InChI=1S/C19H18BrNO2/c1-19-11-23-10-15(19)18(22)17(12-6-8-13(20)9-7-12)14-4-2-3-5-16(14)21-19/h2-9,15,17,21H,10-11H2,1H3/t15-,17?,19-/m0/s1. The Kier molecular flexibility index (Phi) is 3.54. The van der Waals surface area contributed by atoms with Crippen molar-refractivity contribution < 1.29 is 9.53 Å². The molecule has 1 saturated heterocycles. The van der Waals surface area contributed by atoms with E-state index >= 15 is 0 Å². The molecule has 2 aromatic carbocycles. The third kappa shape index (κ3) is 2.41. The number of benzene rings is 2. The summed E-state index contributed by atoms with van der Waals surface area (Å²) in [6, 6.07) is 16.2. The van der Waals surface area contributed by atoms with Crippen molar-refractivity contribution in [3.63, 3.8) is 0 Å². The van der Waals surface area contributed by atoms with Gasteiger partial charge in [0.25, 0.3) is 0 Å². The van der Waals surface area contributed by atoms with E-state index in [9.17, 15) is 4.79 Å². The summed E-state index contributed by atoms with van der Waals surface area (Å²) in [4.78, 5) is 13.3. The summed E-state index contributed by atoms with van der Waals surface area (Å²) in [6.45, 7) is 3.14. The van der Waals surface area contributed by atoms with Crippen molar-refractivity contribution in [2.75, 3.05) is 18.5 Å². The summed E-state index contributed by atoms with van der Waals surface area (Å²) in [5.41, 5.74) is 2.78. The largest absolute Gasteiger partial charge is 0.378 e. The van der Waals surface area contributed by atoms with Crippen LogP contribution in [0.3, 0.4) is 0 Å². The minimum absolute atomic E-state index is 0.136. The van der Waals surface area contributed by atoms with Crippen LogP contribution in [0.2, 0.25) is 0 Å². The van der Waals surface area contributed by atoms with Gasteiger partial charge in [-0.1, -0.05) is 46.3 Å². The minimum atomic E-state index is -0.336. The van der Waals surface area contributed by atoms with E-state index in [-0.39, 0.29) is 23.2 Å². The fourth-order valence-corrected chi connectivity index (χ4v) is 3.98. The Bertz CT molecular complexity index is 758. The maximum Gasteiger partial charge on any atom is 0.152 e. The number of fused-ring (bicyclic) bond motifs is 2. The highest BCUT2D eigenvalue weighted by Crippen LogP contribution is 2.43. The first-order valence-electron chi connectivity index (χ1n) is 7.82. The van der Waals surface area contributed by atoms with Crippen molar-refractivity contribution in [2.24, 2.45) is 5.92 Å². The summed E-state index contributed by atoms with van der Waals surface area (Å²) in [6.07, 6.45) is 0. The second kappa shape index (κ2) is 5.46. The maximum atomic E-state index is 13.3. The zero-order valence-electron chi connectivity index (χ0n) is 12.9. The van der Waals surface area contributed by atoms with Crippen LogP contribution in [0.15, 0.2) is 53.0 Å². The number of para-hydroxylation sites is 1. The highest BCUT2D eigenvalue weighted by atomic mass is 79.9. The predicted molar refractivity (Wildman–Crippen MR) is 93.8 cm³/mol. The molecule has 0 bridgehead atoms. The van der Waals surface area contributed by atoms with Gasteiger partial charge in [0.05, 0.1) is 30.6 Å². The van der Waals surface area contributed by atoms with Crippen LogP contribution in [0.4, 0.5) is 5.69 Å². The van der Waals surface area contributed by atoms with E-state index < -0.39 is 0 Å². The molecule has 2 heterocycles. The summed E-state index contributed by atoms with van der Waals surface area (Å²) in [7, 11) is 0. The Morgan fingerprint density at radius 2 is 1.91 bits per heavy atom. The van der Waals surface area contributed by atoms with Gasteiger partial charge in [-0.05, 0) is 36.2 Å². The molecule has 2 aliphatic heterocycles. The molecular formula is C19H18BrNO2. The molecule has 1 N–H and O–H groups in total. The quantitative estimate of drug-likeness (QED) is 0.823. The first-order valence-corrected chi connectivity index (χ1v) is 8.62. The van der Waals surface area contributed by atoms with Crippen molar-refractivity contribution in [3.8, 4) is 0 Å². The van der Waals surface area contributed by atoms with Crippen molar-refractivity contribution in [3.05, 3.63) is 64.1 Å². The van der Waals surface area contributed by atoms with Crippen molar-refractivity contribution in [1.29, 1.82) is 0 Å². The molecule has 3 nitrogen and oxygen atoms in total. The summed E-state index contributed by atoms with van der Waals surface area (Å²) in [5, 5.41) is 3.58. The van der Waals surface area contributed by atoms with Crippen LogP contribution < -0.4 is 5.32 Å². The Labute approximate surface area is 144 Å². The fourth-order valence-electron chi connectivity index (χ4n) is 3.72. The van der Waals surface area contributed by atoms with Gasteiger partial charge in [-0.15, -0.1) is 0 Å². The number of hydrogen-bond acceptors (Lipinski definition) is 3. The number of carbonyl (C=O) groups is 1. The zero-order chi connectivity index (χ0) is 16.0. The Morgan fingerprint density at radius 3 is 2.70 bits per heavy atom.